The standard InChI is InChI=1S/C20H24N2O3S/c1-4-18(26(24,25)17-13-9-6-10-14-17)22-19(15(2)21(3)20(22)23)16-11-7-5-8-12-16/h5-15,18-19H,4H2,1-3H3/t15-,18-,19-/m0/s1. The smallest absolute Gasteiger partial charge is 0.321 e. The number of urea groups is 1. The molecule has 3 atom stereocenters. The van der Waals surface area contributed by atoms with E-state index in [1.165, 1.54) is 0 Å². The van der Waals surface area contributed by atoms with Crippen LogP contribution in [0.1, 0.15) is 31.9 Å². The van der Waals surface area contributed by atoms with Crippen molar-refractivity contribution in [3.8, 4) is 0 Å². The maximum atomic E-state index is 13.3. The zero-order chi connectivity index (χ0) is 18.9. The van der Waals surface area contributed by atoms with Gasteiger partial charge in [-0.25, -0.2) is 13.2 Å². The lowest BCUT2D eigenvalue weighted by Gasteiger charge is -2.32. The van der Waals surface area contributed by atoms with E-state index in [-0.39, 0.29) is 23.0 Å². The van der Waals surface area contributed by atoms with Crippen LogP contribution in [0, 0.1) is 0 Å². The molecule has 138 valence electrons. The summed E-state index contributed by atoms with van der Waals surface area (Å²) >= 11 is 0. The van der Waals surface area contributed by atoms with E-state index in [2.05, 4.69) is 0 Å². The van der Waals surface area contributed by atoms with Crippen LogP contribution >= 0.6 is 0 Å². The van der Waals surface area contributed by atoms with Crippen molar-refractivity contribution in [2.24, 2.45) is 0 Å². The van der Waals surface area contributed by atoms with E-state index in [0.29, 0.717) is 6.42 Å². The third kappa shape index (κ3) is 2.98. The maximum absolute atomic E-state index is 13.3. The molecule has 0 radical (unpaired) electrons. The lowest BCUT2D eigenvalue weighted by Crippen LogP contribution is -2.44. The Kier molecular flexibility index (Phi) is 5.05. The molecule has 0 aliphatic carbocycles. The van der Waals surface area contributed by atoms with Gasteiger partial charge in [0.15, 0.2) is 9.84 Å². The SMILES string of the molecule is CC[C@@H](N1C(=O)N(C)[C@@H](C)[C@H]1c1ccccc1)S(=O)(=O)c1ccccc1. The van der Waals surface area contributed by atoms with Gasteiger partial charge < -0.3 is 4.90 Å². The van der Waals surface area contributed by atoms with Gasteiger partial charge in [-0.2, -0.15) is 0 Å². The molecule has 0 saturated carbocycles. The first-order valence-electron chi connectivity index (χ1n) is 8.78. The van der Waals surface area contributed by atoms with Crippen molar-refractivity contribution < 1.29 is 13.2 Å². The fourth-order valence-corrected chi connectivity index (χ4v) is 5.45. The monoisotopic (exact) mass is 372 g/mol. The van der Waals surface area contributed by atoms with Crippen molar-refractivity contribution in [1.82, 2.24) is 9.80 Å². The van der Waals surface area contributed by atoms with E-state index in [4.69, 9.17) is 0 Å². The second-order valence-electron chi connectivity index (χ2n) is 6.62. The number of benzene rings is 2. The number of hydrogen-bond acceptors (Lipinski definition) is 3. The van der Waals surface area contributed by atoms with Gasteiger partial charge in [-0.1, -0.05) is 55.5 Å². The molecule has 0 aromatic heterocycles. The van der Waals surface area contributed by atoms with E-state index in [9.17, 15) is 13.2 Å². The number of amides is 2. The zero-order valence-electron chi connectivity index (χ0n) is 15.2. The van der Waals surface area contributed by atoms with Gasteiger partial charge in [0, 0.05) is 7.05 Å². The van der Waals surface area contributed by atoms with Gasteiger partial charge >= 0.3 is 6.03 Å². The number of carbonyl (C=O) groups excluding carboxylic acids is 1. The number of rotatable bonds is 5. The first-order valence-corrected chi connectivity index (χ1v) is 10.3. The third-order valence-electron chi connectivity index (χ3n) is 5.12. The van der Waals surface area contributed by atoms with Crippen molar-refractivity contribution in [3.63, 3.8) is 0 Å². The summed E-state index contributed by atoms with van der Waals surface area (Å²) in [5.74, 6) is 0. The summed E-state index contributed by atoms with van der Waals surface area (Å²) in [5, 5.41) is -0.907. The number of nitrogens with zero attached hydrogens (tertiary/aromatic N) is 2. The molecular weight excluding hydrogens is 348 g/mol. The van der Waals surface area contributed by atoms with Crippen LogP contribution in [-0.4, -0.2) is 42.7 Å². The highest BCUT2D eigenvalue weighted by atomic mass is 32.2. The minimum Gasteiger partial charge on any atom is -0.323 e. The molecule has 2 aromatic carbocycles. The van der Waals surface area contributed by atoms with Gasteiger partial charge in [-0.15, -0.1) is 0 Å². The maximum Gasteiger partial charge on any atom is 0.321 e. The van der Waals surface area contributed by atoms with Gasteiger partial charge in [0.05, 0.1) is 17.0 Å². The Labute approximate surface area is 155 Å². The van der Waals surface area contributed by atoms with E-state index in [1.54, 1.807) is 47.2 Å². The second-order valence-corrected chi connectivity index (χ2v) is 8.72. The zero-order valence-corrected chi connectivity index (χ0v) is 16.1. The summed E-state index contributed by atoms with van der Waals surface area (Å²) in [6, 6.07) is 17.3. The highest BCUT2D eigenvalue weighted by molar-refractivity contribution is 7.92. The van der Waals surface area contributed by atoms with Crippen LogP contribution in [-0.2, 0) is 9.84 Å². The first kappa shape index (κ1) is 18.5. The summed E-state index contributed by atoms with van der Waals surface area (Å²) in [7, 11) is -1.95. The molecule has 2 aromatic rings. The number of carbonyl (C=O) groups is 1. The Morgan fingerprint density at radius 3 is 2.08 bits per heavy atom. The molecule has 3 rings (SSSR count). The Hall–Kier alpha value is -2.34. The van der Waals surface area contributed by atoms with E-state index in [1.807, 2.05) is 44.2 Å². The predicted molar refractivity (Wildman–Crippen MR) is 101 cm³/mol. The largest absolute Gasteiger partial charge is 0.323 e. The molecule has 0 unspecified atom stereocenters. The lowest BCUT2D eigenvalue weighted by molar-refractivity contribution is 0.183. The molecule has 1 aliphatic heterocycles. The van der Waals surface area contributed by atoms with Crippen LogP contribution in [0.15, 0.2) is 65.6 Å². The lowest BCUT2D eigenvalue weighted by atomic mass is 10.0. The van der Waals surface area contributed by atoms with Crippen molar-refractivity contribution in [3.05, 3.63) is 66.2 Å². The van der Waals surface area contributed by atoms with Crippen LogP contribution in [0.2, 0.25) is 0 Å². The summed E-state index contributed by atoms with van der Waals surface area (Å²) in [4.78, 5) is 16.4. The Morgan fingerprint density at radius 2 is 1.54 bits per heavy atom. The molecule has 1 fully saturated rings. The fraction of sp³-hybridized carbons (Fsp3) is 0.350. The van der Waals surface area contributed by atoms with Crippen molar-refractivity contribution in [1.29, 1.82) is 0 Å². The average molecular weight is 372 g/mol. The van der Waals surface area contributed by atoms with Crippen LogP contribution in [0.25, 0.3) is 0 Å². The van der Waals surface area contributed by atoms with Gasteiger partial charge in [0.2, 0.25) is 0 Å². The molecule has 1 aliphatic rings. The highest BCUT2D eigenvalue weighted by Crippen LogP contribution is 2.39. The number of hydrogen-bond donors (Lipinski definition) is 0. The van der Waals surface area contributed by atoms with Crippen molar-refractivity contribution in [2.75, 3.05) is 7.05 Å². The molecule has 2 amide bonds. The van der Waals surface area contributed by atoms with Gasteiger partial charge in [-0.05, 0) is 31.0 Å². The summed E-state index contributed by atoms with van der Waals surface area (Å²) in [5.41, 5.74) is 0.944. The van der Waals surface area contributed by atoms with E-state index >= 15 is 0 Å². The molecule has 6 heteroatoms. The van der Waals surface area contributed by atoms with Crippen LogP contribution in [0.5, 0.6) is 0 Å². The quantitative estimate of drug-likeness (QED) is 0.804. The van der Waals surface area contributed by atoms with Crippen LogP contribution in [0.4, 0.5) is 4.79 Å². The summed E-state index contributed by atoms with van der Waals surface area (Å²) in [6.07, 6.45) is 0.326. The third-order valence-corrected chi connectivity index (χ3v) is 7.33. The molecule has 26 heavy (non-hydrogen) atoms. The van der Waals surface area contributed by atoms with E-state index < -0.39 is 15.2 Å². The normalized spacial score (nSPS) is 21.9. The van der Waals surface area contributed by atoms with Gasteiger partial charge in [0.25, 0.3) is 0 Å². The topological polar surface area (TPSA) is 57.7 Å². The average Bonchev–Trinajstić information content (AvgIpc) is 2.88. The van der Waals surface area contributed by atoms with E-state index in [0.717, 1.165) is 5.56 Å². The Morgan fingerprint density at radius 1 is 1.00 bits per heavy atom. The van der Waals surface area contributed by atoms with Gasteiger partial charge in [-0.3, -0.25) is 4.90 Å². The van der Waals surface area contributed by atoms with Crippen molar-refractivity contribution >= 4 is 15.9 Å². The summed E-state index contributed by atoms with van der Waals surface area (Å²) in [6.45, 7) is 3.76. The minimum atomic E-state index is -3.68. The number of likely N-dealkylation sites (N-methyl/N-ethyl adjacent to an activating group) is 1. The van der Waals surface area contributed by atoms with Gasteiger partial charge in [0.1, 0.15) is 5.37 Å². The molecule has 5 nitrogen and oxygen atoms in total. The fourth-order valence-electron chi connectivity index (χ4n) is 3.64. The van der Waals surface area contributed by atoms with Crippen molar-refractivity contribution in [2.45, 2.75) is 42.6 Å². The second kappa shape index (κ2) is 7.11. The first-order chi connectivity index (χ1) is 12.4. The Balaban J connectivity index is 2.09. The van der Waals surface area contributed by atoms with Crippen LogP contribution < -0.4 is 0 Å². The predicted octanol–water partition coefficient (Wildman–Crippen LogP) is 3.69. The molecular formula is C20H24N2O3S. The molecule has 0 N–H and O–H groups in total. The minimum absolute atomic E-state index is 0.120. The highest BCUT2D eigenvalue weighted by Gasteiger charge is 2.48. The molecule has 1 heterocycles. The molecule has 0 bridgehead atoms. The Bertz CT molecular complexity index is 868. The summed E-state index contributed by atoms with van der Waals surface area (Å²) < 4.78 is 26.5. The number of sulfone groups is 1. The molecule has 0 spiro atoms. The molecule has 1 saturated heterocycles. The van der Waals surface area contributed by atoms with Crippen LogP contribution in [0.3, 0.4) is 0 Å².